The summed E-state index contributed by atoms with van der Waals surface area (Å²) in [6.07, 6.45) is 3.32. The number of carbonyl (C=O) groups is 1. The Morgan fingerprint density at radius 1 is 1.29 bits per heavy atom. The van der Waals surface area contributed by atoms with Crippen LogP contribution in [-0.4, -0.2) is 28.9 Å². The number of nitrogens with zero attached hydrogens (tertiary/aromatic N) is 2. The number of piperidine rings is 1. The van der Waals surface area contributed by atoms with Crippen LogP contribution in [0, 0.1) is 13.8 Å². The molecular weight excluding hydrogens is 390 g/mol. The van der Waals surface area contributed by atoms with Gasteiger partial charge in [-0.05, 0) is 62.6 Å². The summed E-state index contributed by atoms with van der Waals surface area (Å²) in [4.78, 5) is 19.9. The minimum atomic E-state index is -0.0261. The monoisotopic (exact) mass is 413 g/mol. The Bertz CT molecular complexity index is 960. The molecule has 0 bridgehead atoms. The van der Waals surface area contributed by atoms with Crippen LogP contribution < -0.4 is 5.32 Å². The number of anilines is 1. The molecule has 6 heteroatoms. The lowest BCUT2D eigenvalue weighted by atomic mass is 10.0. The number of benzene rings is 2. The van der Waals surface area contributed by atoms with Crippen molar-refractivity contribution in [3.05, 3.63) is 57.6 Å². The number of para-hydroxylation sites is 1. The van der Waals surface area contributed by atoms with E-state index in [-0.39, 0.29) is 11.9 Å². The average molecular weight is 414 g/mol. The van der Waals surface area contributed by atoms with Crippen molar-refractivity contribution in [1.82, 2.24) is 9.88 Å². The molecule has 1 N–H and O–H groups in total. The van der Waals surface area contributed by atoms with E-state index < -0.39 is 0 Å². The largest absolute Gasteiger partial charge is 0.323 e. The lowest BCUT2D eigenvalue weighted by Crippen LogP contribution is -2.39. The van der Waals surface area contributed by atoms with Crippen LogP contribution in [0.4, 0.5) is 5.69 Å². The van der Waals surface area contributed by atoms with Crippen molar-refractivity contribution in [3.8, 4) is 0 Å². The maximum absolute atomic E-state index is 12.8. The Morgan fingerprint density at radius 3 is 2.89 bits per heavy atom. The lowest BCUT2D eigenvalue weighted by molar-refractivity contribution is -0.118. The van der Waals surface area contributed by atoms with E-state index in [9.17, 15) is 4.79 Å². The Morgan fingerprint density at radius 2 is 2.11 bits per heavy atom. The first-order chi connectivity index (χ1) is 13.5. The molecule has 1 atom stereocenters. The Labute approximate surface area is 174 Å². The van der Waals surface area contributed by atoms with Crippen LogP contribution in [0.25, 0.3) is 10.2 Å². The van der Waals surface area contributed by atoms with Gasteiger partial charge in [0, 0.05) is 0 Å². The quantitative estimate of drug-likeness (QED) is 0.593. The maximum atomic E-state index is 12.8. The number of hydrogen-bond acceptors (Lipinski definition) is 4. The fourth-order valence-corrected chi connectivity index (χ4v) is 5.44. The van der Waals surface area contributed by atoms with Crippen LogP contribution in [0.15, 0.2) is 36.4 Å². The highest BCUT2D eigenvalue weighted by atomic mass is 35.5. The molecule has 2 aromatic carbocycles. The Hall–Kier alpha value is -1.95. The van der Waals surface area contributed by atoms with Gasteiger partial charge in [-0.1, -0.05) is 36.2 Å². The predicted molar refractivity (Wildman–Crippen MR) is 117 cm³/mol. The smallest absolute Gasteiger partial charge is 0.238 e. The van der Waals surface area contributed by atoms with E-state index >= 15 is 0 Å². The predicted octanol–water partition coefficient (Wildman–Crippen LogP) is 5.73. The van der Waals surface area contributed by atoms with Gasteiger partial charge in [-0.3, -0.25) is 9.69 Å². The van der Waals surface area contributed by atoms with Crippen LogP contribution in [-0.2, 0) is 4.79 Å². The summed E-state index contributed by atoms with van der Waals surface area (Å²) in [5, 5.41) is 4.72. The molecule has 1 aromatic heterocycles. The molecule has 0 unspecified atom stereocenters. The molecule has 3 aromatic rings. The van der Waals surface area contributed by atoms with Gasteiger partial charge in [-0.2, -0.15) is 0 Å². The summed E-state index contributed by atoms with van der Waals surface area (Å²) in [6, 6.07) is 12.3. The van der Waals surface area contributed by atoms with E-state index in [0.29, 0.717) is 17.3 Å². The van der Waals surface area contributed by atoms with E-state index in [1.807, 2.05) is 38.1 Å². The number of halogens is 1. The third-order valence-electron chi connectivity index (χ3n) is 5.25. The van der Waals surface area contributed by atoms with Crippen molar-refractivity contribution < 1.29 is 4.79 Å². The zero-order valence-corrected chi connectivity index (χ0v) is 17.7. The van der Waals surface area contributed by atoms with Gasteiger partial charge in [0.05, 0.1) is 33.5 Å². The third-order valence-corrected chi connectivity index (χ3v) is 6.69. The first-order valence-corrected chi connectivity index (χ1v) is 10.9. The highest BCUT2D eigenvalue weighted by molar-refractivity contribution is 7.18. The number of carbonyl (C=O) groups excluding carboxylic acids is 1. The molecule has 4 nitrogen and oxygen atoms in total. The minimum Gasteiger partial charge on any atom is -0.323 e. The van der Waals surface area contributed by atoms with Gasteiger partial charge in [-0.25, -0.2) is 4.98 Å². The zero-order valence-electron chi connectivity index (χ0n) is 16.2. The number of likely N-dealkylation sites (tertiary alicyclic amines) is 1. The van der Waals surface area contributed by atoms with Crippen molar-refractivity contribution in [2.45, 2.75) is 39.2 Å². The van der Waals surface area contributed by atoms with Crippen LogP contribution in [0.1, 0.15) is 41.4 Å². The van der Waals surface area contributed by atoms with Gasteiger partial charge in [0.25, 0.3) is 0 Å². The van der Waals surface area contributed by atoms with Crippen molar-refractivity contribution in [1.29, 1.82) is 0 Å². The van der Waals surface area contributed by atoms with Crippen LogP contribution in [0.5, 0.6) is 0 Å². The molecule has 0 aliphatic carbocycles. The number of amides is 1. The van der Waals surface area contributed by atoms with Crippen LogP contribution in [0.3, 0.4) is 0 Å². The molecule has 4 rings (SSSR count). The molecule has 146 valence electrons. The highest BCUT2D eigenvalue weighted by Crippen LogP contribution is 2.35. The zero-order chi connectivity index (χ0) is 19.7. The second kappa shape index (κ2) is 8.19. The van der Waals surface area contributed by atoms with Crippen molar-refractivity contribution >= 4 is 44.7 Å². The van der Waals surface area contributed by atoms with Gasteiger partial charge >= 0.3 is 0 Å². The van der Waals surface area contributed by atoms with Crippen molar-refractivity contribution in [2.75, 3.05) is 18.4 Å². The molecule has 1 aliphatic rings. The highest BCUT2D eigenvalue weighted by Gasteiger charge is 2.28. The van der Waals surface area contributed by atoms with Gasteiger partial charge in [0.1, 0.15) is 5.01 Å². The maximum Gasteiger partial charge on any atom is 0.238 e. The number of hydrogen-bond donors (Lipinski definition) is 1. The van der Waals surface area contributed by atoms with Gasteiger partial charge < -0.3 is 5.32 Å². The number of fused-ring (bicyclic) bond motifs is 1. The summed E-state index contributed by atoms with van der Waals surface area (Å²) >= 11 is 8.09. The van der Waals surface area contributed by atoms with Gasteiger partial charge in [0.2, 0.25) is 5.91 Å². The van der Waals surface area contributed by atoms with Gasteiger partial charge in [0.15, 0.2) is 0 Å². The normalized spacial score (nSPS) is 17.8. The fraction of sp³-hybridized carbons (Fsp3) is 0.364. The van der Waals surface area contributed by atoms with Crippen LogP contribution in [0.2, 0.25) is 5.02 Å². The second-order valence-electron chi connectivity index (χ2n) is 7.49. The first kappa shape index (κ1) is 19.4. The molecule has 2 heterocycles. The number of nitrogens with one attached hydrogen (secondary N) is 1. The number of aryl methyl sites for hydroxylation is 2. The average Bonchev–Trinajstić information content (AvgIpc) is 3.09. The standard InChI is InChI=1S/C22H24ClN3OS/c1-14-11-15(2)21(16(23)12-14)25-20(27)13-26-10-6-5-8-18(26)22-24-17-7-3-4-9-19(17)28-22/h3-4,7,9,11-12,18H,5-6,8,10,13H2,1-2H3,(H,25,27)/t18-/m1/s1. The van der Waals surface area contributed by atoms with E-state index in [1.54, 1.807) is 11.3 Å². The van der Waals surface area contributed by atoms with E-state index in [2.05, 4.69) is 22.3 Å². The molecule has 1 aliphatic heterocycles. The molecule has 1 amide bonds. The van der Waals surface area contributed by atoms with Crippen molar-refractivity contribution in [2.24, 2.45) is 0 Å². The lowest BCUT2D eigenvalue weighted by Gasteiger charge is -2.33. The molecule has 1 fully saturated rings. The molecule has 1 saturated heterocycles. The van der Waals surface area contributed by atoms with E-state index in [4.69, 9.17) is 16.6 Å². The second-order valence-corrected chi connectivity index (χ2v) is 8.96. The molecule has 0 spiro atoms. The summed E-state index contributed by atoms with van der Waals surface area (Å²) in [5.41, 5.74) is 3.83. The Kier molecular flexibility index (Phi) is 5.67. The summed E-state index contributed by atoms with van der Waals surface area (Å²) in [7, 11) is 0. The molecule has 0 saturated carbocycles. The van der Waals surface area contributed by atoms with E-state index in [1.165, 1.54) is 11.1 Å². The first-order valence-electron chi connectivity index (χ1n) is 9.67. The number of aromatic nitrogens is 1. The molecule has 28 heavy (non-hydrogen) atoms. The van der Waals surface area contributed by atoms with Gasteiger partial charge in [-0.15, -0.1) is 11.3 Å². The minimum absolute atomic E-state index is 0.0261. The SMILES string of the molecule is Cc1cc(C)c(NC(=O)CN2CCCC[C@@H]2c2nc3ccccc3s2)c(Cl)c1. The Balaban J connectivity index is 1.51. The molecular formula is C22H24ClN3OS. The van der Waals surface area contributed by atoms with E-state index in [0.717, 1.165) is 41.0 Å². The fourth-order valence-electron chi connectivity index (χ4n) is 3.93. The topological polar surface area (TPSA) is 45.2 Å². The number of rotatable bonds is 4. The molecule has 0 radical (unpaired) electrons. The van der Waals surface area contributed by atoms with Crippen molar-refractivity contribution in [3.63, 3.8) is 0 Å². The summed E-state index contributed by atoms with van der Waals surface area (Å²) in [5.74, 6) is -0.0261. The third kappa shape index (κ3) is 4.07. The summed E-state index contributed by atoms with van der Waals surface area (Å²) < 4.78 is 1.20. The summed E-state index contributed by atoms with van der Waals surface area (Å²) in [6.45, 7) is 5.24. The number of thiazole rings is 1. The van der Waals surface area contributed by atoms with Crippen LogP contribution >= 0.6 is 22.9 Å².